The topological polar surface area (TPSA) is 96.2 Å². The monoisotopic (exact) mass is 453 g/mol. The zero-order chi connectivity index (χ0) is 23.5. The number of carbonyl (C=O) groups is 1. The summed E-state index contributed by atoms with van der Waals surface area (Å²) < 4.78 is 26.8. The summed E-state index contributed by atoms with van der Waals surface area (Å²) in [5, 5.41) is 4.15. The Morgan fingerprint density at radius 3 is 2.30 bits per heavy atom. The van der Waals surface area contributed by atoms with Crippen molar-refractivity contribution in [2.24, 2.45) is 0 Å². The summed E-state index contributed by atoms with van der Waals surface area (Å²) in [6.07, 6.45) is 0.317. The molecule has 174 valence electrons. The number of rotatable bonds is 8. The van der Waals surface area contributed by atoms with Crippen LogP contribution in [-0.4, -0.2) is 55.9 Å². The van der Waals surface area contributed by atoms with Gasteiger partial charge in [-0.15, -0.1) is 0 Å². The van der Waals surface area contributed by atoms with Crippen LogP contribution in [-0.2, 0) is 4.79 Å². The first-order valence-corrected chi connectivity index (χ1v) is 10.6. The Labute approximate surface area is 192 Å². The van der Waals surface area contributed by atoms with Crippen molar-refractivity contribution in [3.63, 3.8) is 0 Å². The van der Waals surface area contributed by atoms with Gasteiger partial charge in [0.15, 0.2) is 17.3 Å². The van der Waals surface area contributed by atoms with Crippen molar-refractivity contribution in [3.05, 3.63) is 47.8 Å². The molecule has 0 bridgehead atoms. The molecule has 2 atom stereocenters. The smallest absolute Gasteiger partial charge is 0.258 e. The van der Waals surface area contributed by atoms with Gasteiger partial charge in [0.1, 0.15) is 11.5 Å². The van der Waals surface area contributed by atoms with E-state index in [4.69, 9.17) is 23.5 Å². The number of amides is 1. The Morgan fingerprint density at radius 2 is 1.67 bits per heavy atom. The minimum Gasteiger partial charge on any atom is -0.497 e. The molecule has 33 heavy (non-hydrogen) atoms. The van der Waals surface area contributed by atoms with Gasteiger partial charge >= 0.3 is 0 Å². The molecule has 1 amide bonds. The third-order valence-electron chi connectivity index (χ3n) is 5.92. The molecule has 1 saturated heterocycles. The molecule has 0 saturated carbocycles. The first kappa shape index (κ1) is 22.4. The fourth-order valence-corrected chi connectivity index (χ4v) is 4.02. The van der Waals surface area contributed by atoms with E-state index < -0.39 is 0 Å². The second kappa shape index (κ2) is 9.40. The highest BCUT2D eigenvalue weighted by atomic mass is 16.5. The summed E-state index contributed by atoms with van der Waals surface area (Å²) in [5.41, 5.74) is 1.64. The number of hydrogen-bond acceptors (Lipinski definition) is 8. The van der Waals surface area contributed by atoms with Crippen molar-refractivity contribution in [2.45, 2.75) is 25.3 Å². The lowest BCUT2D eigenvalue weighted by Crippen LogP contribution is -2.28. The van der Waals surface area contributed by atoms with Crippen LogP contribution < -0.4 is 18.9 Å². The number of nitrogens with zero attached hydrogens (tertiary/aromatic N) is 3. The second-order valence-corrected chi connectivity index (χ2v) is 7.80. The fraction of sp³-hybridized carbons (Fsp3) is 0.375. The Morgan fingerprint density at radius 1 is 0.970 bits per heavy atom. The normalized spacial score (nSPS) is 16.6. The Kier molecular flexibility index (Phi) is 6.39. The van der Waals surface area contributed by atoms with Crippen LogP contribution in [0.15, 0.2) is 40.9 Å². The predicted octanol–water partition coefficient (Wildman–Crippen LogP) is 3.85. The van der Waals surface area contributed by atoms with Gasteiger partial charge in [-0.3, -0.25) is 4.79 Å². The molecule has 1 aromatic heterocycles. The van der Waals surface area contributed by atoms with Crippen LogP contribution in [0.25, 0.3) is 11.5 Å². The highest BCUT2D eigenvalue weighted by Gasteiger charge is 2.36. The number of methoxy groups -OCH3 is 4. The molecule has 9 heteroatoms. The lowest BCUT2D eigenvalue weighted by atomic mass is 10.1. The van der Waals surface area contributed by atoms with Crippen LogP contribution in [0, 0.1) is 0 Å². The Balaban J connectivity index is 1.53. The van der Waals surface area contributed by atoms with Gasteiger partial charge in [-0.1, -0.05) is 11.2 Å². The largest absolute Gasteiger partial charge is 0.497 e. The lowest BCUT2D eigenvalue weighted by Gasteiger charge is -2.25. The zero-order valence-electron chi connectivity index (χ0n) is 19.3. The summed E-state index contributed by atoms with van der Waals surface area (Å²) in [6, 6.07) is 10.9. The molecular formula is C24H27N3O6. The van der Waals surface area contributed by atoms with Gasteiger partial charge in [0.2, 0.25) is 5.91 Å². The van der Waals surface area contributed by atoms with E-state index in [1.54, 1.807) is 46.6 Å². The zero-order valence-corrected chi connectivity index (χ0v) is 19.3. The molecule has 2 aromatic carbocycles. The molecule has 0 N–H and O–H groups in total. The molecule has 2 unspecified atom stereocenters. The van der Waals surface area contributed by atoms with Gasteiger partial charge in [-0.05, 0) is 36.8 Å². The van der Waals surface area contributed by atoms with Crippen molar-refractivity contribution in [1.29, 1.82) is 0 Å². The third kappa shape index (κ3) is 4.44. The fourth-order valence-electron chi connectivity index (χ4n) is 4.02. The quantitative estimate of drug-likeness (QED) is 0.508. The molecule has 2 heterocycles. The summed E-state index contributed by atoms with van der Waals surface area (Å²) in [7, 11) is 6.34. The van der Waals surface area contributed by atoms with Crippen LogP contribution in [0.2, 0.25) is 0 Å². The van der Waals surface area contributed by atoms with E-state index in [0.717, 1.165) is 5.56 Å². The van der Waals surface area contributed by atoms with Gasteiger partial charge < -0.3 is 28.4 Å². The van der Waals surface area contributed by atoms with E-state index in [1.807, 2.05) is 30.0 Å². The molecule has 9 nitrogen and oxygen atoms in total. The van der Waals surface area contributed by atoms with Crippen molar-refractivity contribution >= 4 is 5.91 Å². The van der Waals surface area contributed by atoms with Gasteiger partial charge in [0.05, 0.1) is 34.5 Å². The first-order valence-electron chi connectivity index (χ1n) is 10.6. The van der Waals surface area contributed by atoms with E-state index >= 15 is 0 Å². The molecular weight excluding hydrogens is 426 g/mol. The van der Waals surface area contributed by atoms with Crippen LogP contribution in [0.1, 0.15) is 36.7 Å². The van der Waals surface area contributed by atoms with Crippen LogP contribution in [0.3, 0.4) is 0 Å². The van der Waals surface area contributed by atoms with Crippen molar-refractivity contribution in [2.75, 3.05) is 35.0 Å². The van der Waals surface area contributed by atoms with E-state index in [0.29, 0.717) is 53.2 Å². The van der Waals surface area contributed by atoms with Gasteiger partial charge in [-0.25, -0.2) is 0 Å². The van der Waals surface area contributed by atoms with Crippen molar-refractivity contribution in [3.8, 4) is 34.5 Å². The number of benzene rings is 2. The minimum atomic E-state index is -0.162. The molecule has 1 aliphatic heterocycles. The SMILES string of the molecule is COc1cc(OC)cc(-c2nc(C3CC(=O)N(C(C)c4ccc(OC)c(OC)c4)C3)no2)c1. The first-order chi connectivity index (χ1) is 16.0. The van der Waals surface area contributed by atoms with Crippen LogP contribution in [0.5, 0.6) is 23.0 Å². The highest BCUT2D eigenvalue weighted by Crippen LogP contribution is 2.37. The Bertz CT molecular complexity index is 1120. The average Bonchev–Trinajstić information content (AvgIpc) is 3.49. The van der Waals surface area contributed by atoms with Crippen LogP contribution >= 0.6 is 0 Å². The highest BCUT2D eigenvalue weighted by molar-refractivity contribution is 5.80. The minimum absolute atomic E-state index is 0.0386. The molecule has 0 spiro atoms. The maximum Gasteiger partial charge on any atom is 0.258 e. The predicted molar refractivity (Wildman–Crippen MR) is 120 cm³/mol. The number of carbonyl (C=O) groups excluding carboxylic acids is 1. The average molecular weight is 453 g/mol. The standard InChI is InChI=1S/C24H27N3O6/c1-14(15-6-7-20(31-4)21(10-15)32-5)27-13-17(11-22(27)28)23-25-24(33-26-23)16-8-18(29-2)12-19(9-16)30-3/h6-10,12,14,17H,11,13H2,1-5H3. The summed E-state index contributed by atoms with van der Waals surface area (Å²) in [5.74, 6) is 3.24. The molecule has 1 fully saturated rings. The molecule has 0 radical (unpaired) electrons. The van der Waals surface area contributed by atoms with Gasteiger partial charge in [0.25, 0.3) is 5.89 Å². The van der Waals surface area contributed by atoms with Gasteiger partial charge in [-0.2, -0.15) is 4.98 Å². The molecule has 0 aliphatic carbocycles. The van der Waals surface area contributed by atoms with E-state index in [2.05, 4.69) is 10.1 Å². The second-order valence-electron chi connectivity index (χ2n) is 7.80. The van der Waals surface area contributed by atoms with E-state index in [9.17, 15) is 4.79 Å². The molecule has 1 aliphatic rings. The maximum absolute atomic E-state index is 12.8. The number of likely N-dealkylation sites (tertiary alicyclic amines) is 1. The number of ether oxygens (including phenoxy) is 4. The maximum atomic E-state index is 12.8. The lowest BCUT2D eigenvalue weighted by molar-refractivity contribution is -0.129. The van der Waals surface area contributed by atoms with E-state index in [1.165, 1.54) is 0 Å². The number of aromatic nitrogens is 2. The Hall–Kier alpha value is -3.75. The molecule has 3 aromatic rings. The third-order valence-corrected chi connectivity index (χ3v) is 5.92. The summed E-state index contributed by atoms with van der Waals surface area (Å²) in [6.45, 7) is 2.49. The van der Waals surface area contributed by atoms with Crippen molar-refractivity contribution in [1.82, 2.24) is 15.0 Å². The van der Waals surface area contributed by atoms with Crippen LogP contribution in [0.4, 0.5) is 0 Å². The van der Waals surface area contributed by atoms with Gasteiger partial charge in [0, 0.05) is 30.5 Å². The summed E-state index contributed by atoms with van der Waals surface area (Å²) >= 11 is 0. The molecule has 4 rings (SSSR count). The van der Waals surface area contributed by atoms with E-state index in [-0.39, 0.29) is 17.9 Å². The number of hydrogen-bond donors (Lipinski definition) is 0. The van der Waals surface area contributed by atoms with Crippen molar-refractivity contribution < 1.29 is 28.3 Å². The summed E-state index contributed by atoms with van der Waals surface area (Å²) in [4.78, 5) is 19.2.